The Hall–Kier alpha value is -2.69. The van der Waals surface area contributed by atoms with Crippen LogP contribution in [0.15, 0.2) is 61.4 Å². The third kappa shape index (κ3) is 3.62. The molecule has 5 nitrogen and oxygen atoms in total. The van der Waals surface area contributed by atoms with Crippen molar-refractivity contribution in [3.8, 4) is 0 Å². The van der Waals surface area contributed by atoms with Gasteiger partial charge in [0.1, 0.15) is 0 Å². The van der Waals surface area contributed by atoms with E-state index in [1.165, 1.54) is 0 Å². The molecule has 5 heteroatoms. The molecular formula is C19H22N4O. The molecule has 1 amide bonds. The number of anilines is 2. The number of carbonyl (C=O) groups is 1. The van der Waals surface area contributed by atoms with E-state index in [9.17, 15) is 4.79 Å². The van der Waals surface area contributed by atoms with Gasteiger partial charge in [-0.25, -0.2) is 9.97 Å². The summed E-state index contributed by atoms with van der Waals surface area (Å²) in [6.07, 6.45) is 7.10. The van der Waals surface area contributed by atoms with Crippen molar-refractivity contribution in [1.29, 1.82) is 0 Å². The molecule has 2 aromatic rings. The number of piperidine rings is 1. The van der Waals surface area contributed by atoms with Gasteiger partial charge in [0, 0.05) is 37.7 Å². The topological polar surface area (TPSA) is 49.3 Å². The van der Waals surface area contributed by atoms with Gasteiger partial charge in [0.2, 0.25) is 11.9 Å². The first-order chi connectivity index (χ1) is 11.8. The van der Waals surface area contributed by atoms with Gasteiger partial charge in [-0.15, -0.1) is 6.58 Å². The summed E-state index contributed by atoms with van der Waals surface area (Å²) in [6.45, 7) is 5.85. The third-order valence-electron chi connectivity index (χ3n) is 4.25. The van der Waals surface area contributed by atoms with E-state index in [2.05, 4.69) is 21.4 Å². The molecule has 1 fully saturated rings. The van der Waals surface area contributed by atoms with Gasteiger partial charge in [-0.05, 0) is 31.0 Å². The van der Waals surface area contributed by atoms with Gasteiger partial charge in [-0.2, -0.15) is 0 Å². The van der Waals surface area contributed by atoms with Crippen molar-refractivity contribution in [2.45, 2.75) is 12.8 Å². The van der Waals surface area contributed by atoms with E-state index in [-0.39, 0.29) is 11.8 Å². The molecule has 1 aliphatic heterocycles. The predicted octanol–water partition coefficient (Wildman–Crippen LogP) is 2.91. The summed E-state index contributed by atoms with van der Waals surface area (Å²) in [5.41, 5.74) is 0.912. The van der Waals surface area contributed by atoms with Crippen LogP contribution in [0.1, 0.15) is 12.8 Å². The van der Waals surface area contributed by atoms with Crippen molar-refractivity contribution in [3.05, 3.63) is 61.4 Å². The van der Waals surface area contributed by atoms with Crippen LogP contribution >= 0.6 is 0 Å². The average Bonchev–Trinajstić information content (AvgIpc) is 2.67. The smallest absolute Gasteiger partial charge is 0.232 e. The largest absolute Gasteiger partial charge is 0.340 e. The van der Waals surface area contributed by atoms with Crippen LogP contribution in [0.2, 0.25) is 0 Å². The van der Waals surface area contributed by atoms with Crippen molar-refractivity contribution in [1.82, 2.24) is 9.97 Å². The molecule has 1 atom stereocenters. The lowest BCUT2D eigenvalue weighted by Gasteiger charge is -2.34. The quantitative estimate of drug-likeness (QED) is 0.794. The van der Waals surface area contributed by atoms with Crippen LogP contribution in [-0.4, -0.2) is 35.5 Å². The standard InChI is InChI=1S/C19H22N4O/c1-2-13-23(17-9-4-3-5-10-17)18(24)16-8-6-14-22(15-16)19-20-11-7-12-21-19/h2-5,7,9-12,16H,1,6,8,13-15H2. The van der Waals surface area contributed by atoms with Gasteiger partial charge in [-0.1, -0.05) is 24.3 Å². The van der Waals surface area contributed by atoms with Gasteiger partial charge >= 0.3 is 0 Å². The molecule has 0 radical (unpaired) electrons. The molecule has 1 aromatic carbocycles. The van der Waals surface area contributed by atoms with Crippen LogP contribution in [0, 0.1) is 5.92 Å². The third-order valence-corrected chi connectivity index (χ3v) is 4.25. The van der Waals surface area contributed by atoms with E-state index >= 15 is 0 Å². The summed E-state index contributed by atoms with van der Waals surface area (Å²) in [6, 6.07) is 11.6. The highest BCUT2D eigenvalue weighted by Gasteiger charge is 2.30. The minimum Gasteiger partial charge on any atom is -0.340 e. The van der Waals surface area contributed by atoms with E-state index < -0.39 is 0 Å². The molecular weight excluding hydrogens is 300 g/mol. The number of para-hydroxylation sites is 1. The van der Waals surface area contributed by atoms with Crippen LogP contribution in [0.3, 0.4) is 0 Å². The Labute approximate surface area is 142 Å². The fourth-order valence-electron chi connectivity index (χ4n) is 3.09. The van der Waals surface area contributed by atoms with E-state index in [0.717, 1.165) is 25.1 Å². The fraction of sp³-hybridized carbons (Fsp3) is 0.316. The SMILES string of the molecule is C=CCN(C(=O)C1CCCN(c2ncccn2)C1)c1ccccc1. The van der Waals surface area contributed by atoms with Gasteiger partial charge < -0.3 is 9.80 Å². The zero-order chi connectivity index (χ0) is 16.8. The van der Waals surface area contributed by atoms with Crippen molar-refractivity contribution < 1.29 is 4.79 Å². The maximum atomic E-state index is 13.1. The van der Waals surface area contributed by atoms with Crippen LogP contribution in [0.4, 0.5) is 11.6 Å². The second kappa shape index (κ2) is 7.73. The van der Waals surface area contributed by atoms with Crippen LogP contribution in [0.25, 0.3) is 0 Å². The van der Waals surface area contributed by atoms with Gasteiger partial charge in [0.15, 0.2) is 0 Å². The summed E-state index contributed by atoms with van der Waals surface area (Å²) >= 11 is 0. The Morgan fingerprint density at radius 3 is 2.71 bits per heavy atom. The predicted molar refractivity (Wildman–Crippen MR) is 96.0 cm³/mol. The maximum absolute atomic E-state index is 13.1. The average molecular weight is 322 g/mol. The second-order valence-electron chi connectivity index (χ2n) is 5.91. The first kappa shape index (κ1) is 16.2. The summed E-state index contributed by atoms with van der Waals surface area (Å²) in [5, 5.41) is 0. The molecule has 2 heterocycles. The lowest BCUT2D eigenvalue weighted by atomic mass is 9.96. The fourth-order valence-corrected chi connectivity index (χ4v) is 3.09. The van der Waals surface area contributed by atoms with Crippen LogP contribution in [0.5, 0.6) is 0 Å². The minimum atomic E-state index is -0.0530. The molecule has 0 aliphatic carbocycles. The van der Waals surface area contributed by atoms with Gasteiger partial charge in [-0.3, -0.25) is 4.79 Å². The van der Waals surface area contributed by atoms with E-state index in [0.29, 0.717) is 19.0 Å². The number of hydrogen-bond acceptors (Lipinski definition) is 4. The highest BCUT2D eigenvalue weighted by atomic mass is 16.2. The molecule has 3 rings (SSSR count). The van der Waals surface area contributed by atoms with Crippen LogP contribution < -0.4 is 9.80 Å². The lowest BCUT2D eigenvalue weighted by Crippen LogP contribution is -2.45. The molecule has 0 bridgehead atoms. The van der Waals surface area contributed by atoms with E-state index in [1.807, 2.05) is 35.2 Å². The molecule has 0 N–H and O–H groups in total. The summed E-state index contributed by atoms with van der Waals surface area (Å²) < 4.78 is 0. The Morgan fingerprint density at radius 2 is 2.00 bits per heavy atom. The second-order valence-corrected chi connectivity index (χ2v) is 5.91. The van der Waals surface area contributed by atoms with Crippen molar-refractivity contribution in [2.75, 3.05) is 29.4 Å². The number of rotatable bonds is 5. The normalized spacial score (nSPS) is 17.3. The minimum absolute atomic E-state index is 0.0530. The van der Waals surface area contributed by atoms with Crippen molar-refractivity contribution >= 4 is 17.5 Å². The Kier molecular flexibility index (Phi) is 5.21. The Bertz CT molecular complexity index is 674. The number of benzene rings is 1. The first-order valence-electron chi connectivity index (χ1n) is 8.29. The van der Waals surface area contributed by atoms with E-state index in [1.54, 1.807) is 24.5 Å². The summed E-state index contributed by atoms with van der Waals surface area (Å²) in [5.74, 6) is 0.787. The molecule has 124 valence electrons. The number of amides is 1. The molecule has 1 unspecified atom stereocenters. The number of hydrogen-bond donors (Lipinski definition) is 0. The lowest BCUT2D eigenvalue weighted by molar-refractivity contribution is -0.122. The van der Waals surface area contributed by atoms with Crippen molar-refractivity contribution in [2.24, 2.45) is 5.92 Å². The molecule has 1 aliphatic rings. The van der Waals surface area contributed by atoms with Gasteiger partial charge in [0.05, 0.1) is 5.92 Å². The molecule has 24 heavy (non-hydrogen) atoms. The number of carbonyl (C=O) groups excluding carboxylic acids is 1. The molecule has 1 aromatic heterocycles. The van der Waals surface area contributed by atoms with Gasteiger partial charge in [0.25, 0.3) is 0 Å². The molecule has 0 spiro atoms. The number of nitrogens with zero attached hydrogens (tertiary/aromatic N) is 4. The maximum Gasteiger partial charge on any atom is 0.232 e. The van der Waals surface area contributed by atoms with Crippen LogP contribution in [-0.2, 0) is 4.79 Å². The Morgan fingerprint density at radius 1 is 1.25 bits per heavy atom. The molecule has 0 saturated carbocycles. The number of aromatic nitrogens is 2. The zero-order valence-electron chi connectivity index (χ0n) is 13.7. The zero-order valence-corrected chi connectivity index (χ0v) is 13.7. The highest BCUT2D eigenvalue weighted by Crippen LogP contribution is 2.24. The summed E-state index contributed by atoms with van der Waals surface area (Å²) in [4.78, 5) is 25.6. The van der Waals surface area contributed by atoms with Crippen molar-refractivity contribution in [3.63, 3.8) is 0 Å². The highest BCUT2D eigenvalue weighted by molar-refractivity contribution is 5.95. The molecule has 1 saturated heterocycles. The monoisotopic (exact) mass is 322 g/mol. The Balaban J connectivity index is 1.76. The first-order valence-corrected chi connectivity index (χ1v) is 8.29. The summed E-state index contributed by atoms with van der Waals surface area (Å²) in [7, 11) is 0. The van der Waals surface area contributed by atoms with E-state index in [4.69, 9.17) is 0 Å².